The first-order valence-electron chi connectivity index (χ1n) is 10.8. The van der Waals surface area contributed by atoms with Gasteiger partial charge in [-0.3, -0.25) is 9.59 Å². The predicted octanol–water partition coefficient (Wildman–Crippen LogP) is 4.73. The van der Waals surface area contributed by atoms with Crippen molar-refractivity contribution < 1.29 is 24.2 Å². The molecule has 0 aromatic carbocycles. The van der Waals surface area contributed by atoms with Gasteiger partial charge in [0.25, 0.3) is 0 Å². The highest BCUT2D eigenvalue weighted by atomic mass is 16.5. The molecule has 0 bridgehead atoms. The molecule has 0 saturated heterocycles. The van der Waals surface area contributed by atoms with Crippen LogP contribution in [0.4, 0.5) is 0 Å². The quantitative estimate of drug-likeness (QED) is 0.540. The van der Waals surface area contributed by atoms with Crippen LogP contribution in [-0.4, -0.2) is 35.4 Å². The molecular formula is C24H38O5. The second kappa shape index (κ2) is 9.46. The van der Waals surface area contributed by atoms with Gasteiger partial charge < -0.3 is 14.6 Å². The summed E-state index contributed by atoms with van der Waals surface area (Å²) >= 11 is 0. The van der Waals surface area contributed by atoms with Gasteiger partial charge in [0.2, 0.25) is 0 Å². The van der Waals surface area contributed by atoms with Gasteiger partial charge in [0.05, 0.1) is 5.60 Å². The number of carbonyl (C=O) groups excluding carboxylic acids is 2. The third-order valence-electron chi connectivity index (χ3n) is 6.94. The van der Waals surface area contributed by atoms with E-state index in [0.717, 1.165) is 43.3 Å². The first kappa shape index (κ1) is 23.7. The van der Waals surface area contributed by atoms with Crippen LogP contribution in [0, 0.1) is 17.3 Å². The van der Waals surface area contributed by atoms with Crippen LogP contribution in [0.15, 0.2) is 23.3 Å². The Hall–Kier alpha value is -1.62. The Morgan fingerprint density at radius 2 is 1.93 bits per heavy atom. The normalized spacial score (nSPS) is 33.2. The molecule has 2 rings (SSSR count). The third-order valence-corrected chi connectivity index (χ3v) is 6.94. The number of allylic oxidation sites excluding steroid dienone is 2. The molecule has 1 N–H and O–H groups in total. The summed E-state index contributed by atoms with van der Waals surface area (Å²) in [6.07, 6.45) is 8.68. The molecule has 4 unspecified atom stereocenters. The summed E-state index contributed by atoms with van der Waals surface area (Å²) in [5, 5.41) is 11.5. The van der Waals surface area contributed by atoms with E-state index in [9.17, 15) is 14.7 Å². The van der Waals surface area contributed by atoms with E-state index in [4.69, 9.17) is 9.47 Å². The standard InChI is InChI=1S/C24H38O5/c1-16(2)24(27)12-11-23(6)10-9-20(15-28-18(4)25)14-21(29-19(5)26)13-17(3)7-8-22(23)24/h9,13,16,21-22,27H,7-8,10-12,14-15H2,1-6H3. The van der Waals surface area contributed by atoms with Crippen molar-refractivity contribution in [3.8, 4) is 0 Å². The third kappa shape index (κ3) is 5.94. The summed E-state index contributed by atoms with van der Waals surface area (Å²) in [4.78, 5) is 22.9. The molecule has 2 aliphatic rings. The van der Waals surface area contributed by atoms with Crippen LogP contribution >= 0.6 is 0 Å². The first-order valence-corrected chi connectivity index (χ1v) is 10.8. The summed E-state index contributed by atoms with van der Waals surface area (Å²) in [6.45, 7) is 11.6. The van der Waals surface area contributed by atoms with Crippen molar-refractivity contribution in [3.63, 3.8) is 0 Å². The summed E-state index contributed by atoms with van der Waals surface area (Å²) in [6, 6.07) is 0. The van der Waals surface area contributed by atoms with Crippen LogP contribution in [0.2, 0.25) is 0 Å². The SMILES string of the molecule is CC(=O)OCC1=CCC2(C)CCC(O)(C(C)C)C2CCC(C)=CC(OC(C)=O)C1. The van der Waals surface area contributed by atoms with E-state index in [1.54, 1.807) is 0 Å². The van der Waals surface area contributed by atoms with Gasteiger partial charge >= 0.3 is 11.9 Å². The minimum atomic E-state index is -0.664. The summed E-state index contributed by atoms with van der Waals surface area (Å²) in [5.41, 5.74) is 1.44. The van der Waals surface area contributed by atoms with Crippen molar-refractivity contribution in [3.05, 3.63) is 23.3 Å². The van der Waals surface area contributed by atoms with Gasteiger partial charge in [-0.15, -0.1) is 0 Å². The molecular weight excluding hydrogens is 368 g/mol. The first-order chi connectivity index (χ1) is 13.5. The number of aliphatic hydroxyl groups is 1. The Morgan fingerprint density at radius 3 is 2.52 bits per heavy atom. The van der Waals surface area contributed by atoms with E-state index in [2.05, 4.69) is 33.8 Å². The highest BCUT2D eigenvalue weighted by Crippen LogP contribution is 2.56. The van der Waals surface area contributed by atoms with Gasteiger partial charge in [-0.2, -0.15) is 0 Å². The average Bonchev–Trinajstić information content (AvgIpc) is 2.86. The Kier molecular flexibility index (Phi) is 7.72. The van der Waals surface area contributed by atoms with E-state index >= 15 is 0 Å². The van der Waals surface area contributed by atoms with E-state index < -0.39 is 5.60 Å². The summed E-state index contributed by atoms with van der Waals surface area (Å²) < 4.78 is 10.8. The molecule has 2 aliphatic carbocycles. The van der Waals surface area contributed by atoms with E-state index in [-0.39, 0.29) is 41.9 Å². The lowest BCUT2D eigenvalue weighted by molar-refractivity contribution is -0.145. The van der Waals surface area contributed by atoms with Crippen molar-refractivity contribution >= 4 is 11.9 Å². The highest BCUT2D eigenvalue weighted by molar-refractivity contribution is 5.66. The molecule has 5 heteroatoms. The maximum Gasteiger partial charge on any atom is 0.303 e. The number of carbonyl (C=O) groups is 2. The van der Waals surface area contributed by atoms with Crippen molar-refractivity contribution in [1.82, 2.24) is 0 Å². The topological polar surface area (TPSA) is 72.8 Å². The van der Waals surface area contributed by atoms with Crippen molar-refractivity contribution in [2.75, 3.05) is 6.61 Å². The van der Waals surface area contributed by atoms with E-state index in [1.807, 2.05) is 6.08 Å². The van der Waals surface area contributed by atoms with Gasteiger partial charge in [-0.05, 0) is 67.9 Å². The van der Waals surface area contributed by atoms with Crippen molar-refractivity contribution in [2.24, 2.45) is 17.3 Å². The van der Waals surface area contributed by atoms with Crippen LogP contribution in [0.3, 0.4) is 0 Å². The number of ether oxygens (including phenoxy) is 2. The zero-order valence-corrected chi connectivity index (χ0v) is 18.9. The van der Waals surface area contributed by atoms with Gasteiger partial charge in [-0.25, -0.2) is 0 Å². The molecule has 0 aromatic heterocycles. The van der Waals surface area contributed by atoms with E-state index in [0.29, 0.717) is 6.42 Å². The maximum atomic E-state index is 11.6. The number of rotatable bonds is 4. The second-order valence-corrected chi connectivity index (χ2v) is 9.60. The van der Waals surface area contributed by atoms with Gasteiger partial charge in [0, 0.05) is 20.3 Å². The Morgan fingerprint density at radius 1 is 1.24 bits per heavy atom. The molecule has 0 spiro atoms. The monoisotopic (exact) mass is 406 g/mol. The lowest BCUT2D eigenvalue weighted by atomic mass is 9.67. The zero-order chi connectivity index (χ0) is 21.8. The fraction of sp³-hybridized carbons (Fsp3) is 0.750. The molecule has 164 valence electrons. The molecule has 0 heterocycles. The largest absolute Gasteiger partial charge is 0.461 e. The molecule has 0 amide bonds. The Balaban J connectivity index is 2.40. The molecule has 29 heavy (non-hydrogen) atoms. The van der Waals surface area contributed by atoms with Crippen LogP contribution in [0.25, 0.3) is 0 Å². The van der Waals surface area contributed by atoms with E-state index in [1.165, 1.54) is 13.8 Å². The minimum absolute atomic E-state index is 0.0119. The van der Waals surface area contributed by atoms with Gasteiger partial charge in [0.15, 0.2) is 0 Å². The Labute approximate surface area is 175 Å². The maximum absolute atomic E-state index is 11.6. The number of fused-ring (bicyclic) bond motifs is 1. The molecule has 0 aliphatic heterocycles. The average molecular weight is 407 g/mol. The lowest BCUT2D eigenvalue weighted by Crippen LogP contribution is -2.43. The smallest absolute Gasteiger partial charge is 0.303 e. The van der Waals surface area contributed by atoms with Crippen LogP contribution in [0.1, 0.15) is 80.1 Å². The fourth-order valence-corrected chi connectivity index (χ4v) is 5.12. The highest BCUT2D eigenvalue weighted by Gasteiger charge is 2.54. The second-order valence-electron chi connectivity index (χ2n) is 9.60. The summed E-state index contributed by atoms with van der Waals surface area (Å²) in [5.74, 6) is -0.259. The molecule has 0 aromatic rings. The number of hydrogen-bond acceptors (Lipinski definition) is 5. The molecule has 4 atom stereocenters. The van der Waals surface area contributed by atoms with Crippen LogP contribution in [-0.2, 0) is 19.1 Å². The molecule has 0 radical (unpaired) electrons. The lowest BCUT2D eigenvalue weighted by Gasteiger charge is -2.41. The Bertz CT molecular complexity index is 677. The molecule has 1 fully saturated rings. The van der Waals surface area contributed by atoms with Crippen LogP contribution < -0.4 is 0 Å². The van der Waals surface area contributed by atoms with Crippen LogP contribution in [0.5, 0.6) is 0 Å². The van der Waals surface area contributed by atoms with Crippen molar-refractivity contribution in [1.29, 1.82) is 0 Å². The molecule has 1 saturated carbocycles. The predicted molar refractivity (Wildman–Crippen MR) is 113 cm³/mol. The number of hydrogen-bond donors (Lipinski definition) is 1. The van der Waals surface area contributed by atoms with Gasteiger partial charge in [-0.1, -0.05) is 32.4 Å². The minimum Gasteiger partial charge on any atom is -0.461 e. The van der Waals surface area contributed by atoms with Gasteiger partial charge in [0.1, 0.15) is 12.7 Å². The zero-order valence-electron chi connectivity index (χ0n) is 18.9. The fourth-order valence-electron chi connectivity index (χ4n) is 5.12. The van der Waals surface area contributed by atoms with Crippen molar-refractivity contribution in [2.45, 2.75) is 91.8 Å². The number of esters is 2. The molecule has 5 nitrogen and oxygen atoms in total. The summed E-state index contributed by atoms with van der Waals surface area (Å²) in [7, 11) is 0.